The van der Waals surface area contributed by atoms with Crippen LogP contribution >= 0.6 is 24.8 Å². The summed E-state index contributed by atoms with van der Waals surface area (Å²) in [7, 11) is 0. The third-order valence-corrected chi connectivity index (χ3v) is 5.40. The number of nitrogens with zero attached hydrogens (tertiary/aromatic N) is 4. The van der Waals surface area contributed by atoms with Crippen molar-refractivity contribution in [2.75, 3.05) is 50.8 Å². The molecule has 1 aliphatic rings. The SMILES string of the molecule is CCOc1ccccc1N1CCN(CC(O)COc2cccc(-c3nnc(C)o3)c2)CC1.Cl.Cl. The van der Waals surface area contributed by atoms with E-state index in [2.05, 4.69) is 26.1 Å². The van der Waals surface area contributed by atoms with Gasteiger partial charge in [-0.05, 0) is 37.3 Å². The van der Waals surface area contributed by atoms with Crippen molar-refractivity contribution in [1.82, 2.24) is 15.1 Å². The summed E-state index contributed by atoms with van der Waals surface area (Å²) in [6, 6.07) is 15.6. The van der Waals surface area contributed by atoms with Gasteiger partial charge < -0.3 is 23.9 Å². The van der Waals surface area contributed by atoms with Gasteiger partial charge in [0.15, 0.2) is 0 Å². The van der Waals surface area contributed by atoms with E-state index >= 15 is 0 Å². The van der Waals surface area contributed by atoms with Crippen molar-refractivity contribution < 1.29 is 19.0 Å². The zero-order valence-corrected chi connectivity index (χ0v) is 21.1. The van der Waals surface area contributed by atoms with Crippen LogP contribution in [0, 0.1) is 6.92 Å². The van der Waals surface area contributed by atoms with Gasteiger partial charge in [-0.15, -0.1) is 35.0 Å². The summed E-state index contributed by atoms with van der Waals surface area (Å²) in [5, 5.41) is 18.4. The van der Waals surface area contributed by atoms with Crippen LogP contribution in [0.2, 0.25) is 0 Å². The minimum absolute atomic E-state index is 0. The van der Waals surface area contributed by atoms with Gasteiger partial charge in [-0.2, -0.15) is 0 Å². The van der Waals surface area contributed by atoms with E-state index in [4.69, 9.17) is 13.9 Å². The molecule has 3 aromatic rings. The van der Waals surface area contributed by atoms with Crippen molar-refractivity contribution in [2.24, 2.45) is 0 Å². The number of aliphatic hydroxyl groups excluding tert-OH is 1. The number of aryl methyl sites for hydroxylation is 1. The van der Waals surface area contributed by atoms with E-state index < -0.39 is 6.10 Å². The molecule has 0 amide bonds. The number of anilines is 1. The quantitative estimate of drug-likeness (QED) is 0.464. The van der Waals surface area contributed by atoms with Crippen LogP contribution < -0.4 is 14.4 Å². The van der Waals surface area contributed by atoms with Crippen molar-refractivity contribution in [1.29, 1.82) is 0 Å². The number of para-hydroxylation sites is 2. The van der Waals surface area contributed by atoms with Gasteiger partial charge in [0, 0.05) is 45.2 Å². The van der Waals surface area contributed by atoms with Crippen molar-refractivity contribution in [2.45, 2.75) is 20.0 Å². The van der Waals surface area contributed by atoms with Gasteiger partial charge in [0.05, 0.1) is 12.3 Å². The minimum Gasteiger partial charge on any atom is -0.492 e. The first-order chi connectivity index (χ1) is 15.6. The molecule has 2 heterocycles. The maximum Gasteiger partial charge on any atom is 0.247 e. The largest absolute Gasteiger partial charge is 0.492 e. The van der Waals surface area contributed by atoms with Gasteiger partial charge >= 0.3 is 0 Å². The Hall–Kier alpha value is -2.52. The molecule has 2 aromatic carbocycles. The number of piperazine rings is 1. The minimum atomic E-state index is -0.577. The van der Waals surface area contributed by atoms with Crippen LogP contribution in [0.25, 0.3) is 11.5 Å². The Morgan fingerprint density at radius 2 is 1.76 bits per heavy atom. The van der Waals surface area contributed by atoms with Crippen molar-refractivity contribution in [3.63, 3.8) is 0 Å². The van der Waals surface area contributed by atoms with Crippen molar-refractivity contribution in [3.8, 4) is 23.0 Å². The van der Waals surface area contributed by atoms with Crippen LogP contribution in [0.15, 0.2) is 52.9 Å². The van der Waals surface area contributed by atoms with Gasteiger partial charge in [-0.25, -0.2) is 0 Å². The van der Waals surface area contributed by atoms with Crippen LogP contribution in [0.4, 0.5) is 5.69 Å². The number of aromatic nitrogens is 2. The van der Waals surface area contributed by atoms with Gasteiger partial charge in [-0.1, -0.05) is 18.2 Å². The Balaban J connectivity index is 0.00000204. The first-order valence-electron chi connectivity index (χ1n) is 11.0. The number of aliphatic hydroxyl groups is 1. The van der Waals surface area contributed by atoms with Crippen LogP contribution in [-0.4, -0.2) is 72.2 Å². The summed E-state index contributed by atoms with van der Waals surface area (Å²) in [4.78, 5) is 4.61. The standard InChI is InChI=1S/C24H30N4O4.2ClH/c1-3-30-23-10-5-4-9-22(23)28-13-11-27(12-14-28)16-20(29)17-31-21-8-6-7-19(15-21)24-26-25-18(2)32-24;;/h4-10,15,20,29H,3,11-14,16-17H2,1-2H3;2*1H. The fourth-order valence-corrected chi connectivity index (χ4v) is 3.84. The van der Waals surface area contributed by atoms with E-state index in [1.165, 1.54) is 0 Å². The average Bonchev–Trinajstić information content (AvgIpc) is 3.25. The first kappa shape index (κ1) is 27.7. The Morgan fingerprint density at radius 1 is 1.00 bits per heavy atom. The van der Waals surface area contributed by atoms with Gasteiger partial charge in [0.25, 0.3) is 0 Å². The zero-order chi connectivity index (χ0) is 22.3. The van der Waals surface area contributed by atoms with E-state index in [0.29, 0.717) is 30.7 Å². The van der Waals surface area contributed by atoms with Gasteiger partial charge in [0.2, 0.25) is 11.8 Å². The molecule has 1 aliphatic heterocycles. The summed E-state index contributed by atoms with van der Waals surface area (Å²) >= 11 is 0. The lowest BCUT2D eigenvalue weighted by Gasteiger charge is -2.37. The Bertz CT molecular complexity index is 1010. The summed E-state index contributed by atoms with van der Waals surface area (Å²) < 4.78 is 17.1. The molecule has 1 atom stereocenters. The predicted octanol–water partition coefficient (Wildman–Crippen LogP) is 3.85. The number of ether oxygens (including phenoxy) is 2. The molecule has 1 saturated heterocycles. The highest BCUT2D eigenvalue weighted by Gasteiger charge is 2.21. The van der Waals surface area contributed by atoms with E-state index in [-0.39, 0.29) is 31.4 Å². The number of β-amino-alcohol motifs (C(OH)–C–C–N with tert-alkyl or cyclic N) is 1. The number of rotatable bonds is 9. The van der Waals surface area contributed by atoms with Crippen LogP contribution in [0.3, 0.4) is 0 Å². The lowest BCUT2D eigenvalue weighted by atomic mass is 10.2. The molecule has 10 heteroatoms. The van der Waals surface area contributed by atoms with Crippen molar-refractivity contribution in [3.05, 3.63) is 54.4 Å². The van der Waals surface area contributed by atoms with Crippen molar-refractivity contribution >= 4 is 30.5 Å². The molecule has 0 saturated carbocycles. The lowest BCUT2D eigenvalue weighted by Crippen LogP contribution is -2.49. The second kappa shape index (κ2) is 13.4. The van der Waals surface area contributed by atoms with E-state index in [0.717, 1.165) is 43.2 Å². The van der Waals surface area contributed by atoms with Gasteiger partial charge in [0.1, 0.15) is 24.2 Å². The predicted molar refractivity (Wildman–Crippen MR) is 137 cm³/mol. The van der Waals surface area contributed by atoms with Crippen LogP contribution in [-0.2, 0) is 0 Å². The molecule has 1 aromatic heterocycles. The third kappa shape index (κ3) is 7.24. The molecule has 8 nitrogen and oxygen atoms in total. The van der Waals surface area contributed by atoms with Crippen LogP contribution in [0.5, 0.6) is 11.5 Å². The summed E-state index contributed by atoms with van der Waals surface area (Å²) in [5.41, 5.74) is 1.93. The first-order valence-corrected chi connectivity index (χ1v) is 11.0. The van der Waals surface area contributed by atoms with E-state index in [9.17, 15) is 5.11 Å². The molecule has 1 fully saturated rings. The smallest absolute Gasteiger partial charge is 0.247 e. The van der Waals surface area contributed by atoms with E-state index in [1.54, 1.807) is 6.92 Å². The Labute approximate surface area is 212 Å². The second-order valence-corrected chi connectivity index (χ2v) is 7.81. The Morgan fingerprint density at radius 3 is 2.47 bits per heavy atom. The topological polar surface area (TPSA) is 84.1 Å². The molecule has 186 valence electrons. The highest BCUT2D eigenvalue weighted by atomic mass is 35.5. The number of hydrogen-bond donors (Lipinski definition) is 1. The fraction of sp³-hybridized carbons (Fsp3) is 0.417. The van der Waals surface area contributed by atoms with Gasteiger partial charge in [-0.3, -0.25) is 4.90 Å². The number of benzene rings is 2. The molecule has 0 spiro atoms. The zero-order valence-electron chi connectivity index (χ0n) is 19.4. The second-order valence-electron chi connectivity index (χ2n) is 7.81. The van der Waals surface area contributed by atoms with E-state index in [1.807, 2.05) is 49.4 Å². The monoisotopic (exact) mass is 510 g/mol. The molecular formula is C24H32Cl2N4O4. The molecule has 1 unspecified atom stereocenters. The normalized spacial score (nSPS) is 14.6. The molecule has 0 radical (unpaired) electrons. The summed E-state index contributed by atoms with van der Waals surface area (Å²) in [5.74, 6) is 2.56. The fourth-order valence-electron chi connectivity index (χ4n) is 3.84. The molecule has 34 heavy (non-hydrogen) atoms. The molecule has 4 rings (SSSR count). The average molecular weight is 511 g/mol. The maximum absolute atomic E-state index is 10.5. The Kier molecular flexibility index (Phi) is 10.9. The number of halogens is 2. The lowest BCUT2D eigenvalue weighted by molar-refractivity contribution is 0.0663. The van der Waals surface area contributed by atoms with Crippen LogP contribution in [0.1, 0.15) is 12.8 Å². The number of hydrogen-bond acceptors (Lipinski definition) is 8. The molecule has 0 aliphatic carbocycles. The molecule has 1 N–H and O–H groups in total. The highest BCUT2D eigenvalue weighted by Crippen LogP contribution is 2.29. The summed E-state index contributed by atoms with van der Waals surface area (Å²) in [6.07, 6.45) is -0.577. The summed E-state index contributed by atoms with van der Waals surface area (Å²) in [6.45, 7) is 8.74. The maximum atomic E-state index is 10.5. The molecule has 0 bridgehead atoms. The third-order valence-electron chi connectivity index (χ3n) is 5.40. The highest BCUT2D eigenvalue weighted by molar-refractivity contribution is 5.85. The molecular weight excluding hydrogens is 479 g/mol.